The van der Waals surface area contributed by atoms with E-state index in [-0.39, 0.29) is 10.8 Å². The van der Waals surface area contributed by atoms with E-state index in [1.54, 1.807) is 12.1 Å². The highest BCUT2D eigenvalue weighted by atomic mass is 35.5. The van der Waals surface area contributed by atoms with Gasteiger partial charge in [0.25, 0.3) is 5.56 Å². The number of nitrogens with zero attached hydrogens (tertiary/aromatic N) is 4. The number of azide groups is 1. The molecule has 1 aliphatic heterocycles. The number of H-pyrrole nitrogens is 1. The van der Waals surface area contributed by atoms with Crippen molar-refractivity contribution >= 4 is 25.3 Å². The molecular weight excluding hydrogens is 535 g/mol. The lowest BCUT2D eigenvalue weighted by molar-refractivity contribution is -0.142. The highest BCUT2D eigenvalue weighted by molar-refractivity contribution is 7.52. The van der Waals surface area contributed by atoms with Crippen LogP contribution in [0.1, 0.15) is 20.1 Å². The summed E-state index contributed by atoms with van der Waals surface area (Å²) in [5, 5.41) is 17.1. The fraction of sp³-hybridized carbons (Fsp3) is 0.450. The predicted octanol–water partition coefficient (Wildman–Crippen LogP) is 1.87. The average Bonchev–Trinajstić information content (AvgIpc) is 3.09. The second-order valence-electron chi connectivity index (χ2n) is 8.09. The smallest absolute Gasteiger partial charge is 0.459 e. The predicted molar refractivity (Wildman–Crippen MR) is 129 cm³/mol. The molecule has 0 amide bonds. The number of ether oxygens (including phenoxy) is 2. The molecule has 0 saturated carbocycles. The normalized spacial score (nSPS) is 25.5. The Hall–Kier alpha value is -3.16. The van der Waals surface area contributed by atoms with Crippen molar-refractivity contribution < 1.29 is 33.0 Å². The van der Waals surface area contributed by atoms with Crippen LogP contribution in [0.3, 0.4) is 0 Å². The van der Waals surface area contributed by atoms with Crippen LogP contribution in [0.15, 0.2) is 51.2 Å². The monoisotopic (exact) mass is 558 g/mol. The van der Waals surface area contributed by atoms with E-state index in [1.165, 1.54) is 26.0 Å². The maximum Gasteiger partial charge on any atom is 0.459 e. The van der Waals surface area contributed by atoms with E-state index in [0.29, 0.717) is 0 Å². The molecule has 3 N–H and O–H groups in total. The lowest BCUT2D eigenvalue weighted by atomic mass is 9.93. The molecule has 1 aromatic carbocycles. The third-order valence-electron chi connectivity index (χ3n) is 5.49. The van der Waals surface area contributed by atoms with Gasteiger partial charge in [0.15, 0.2) is 6.23 Å². The van der Waals surface area contributed by atoms with E-state index in [4.69, 9.17) is 30.9 Å². The number of hydrogen-bond acceptors (Lipinski definition) is 10. The van der Waals surface area contributed by atoms with Crippen molar-refractivity contribution in [3.63, 3.8) is 0 Å². The summed E-state index contributed by atoms with van der Waals surface area (Å²) in [4.78, 5) is 40.5. The van der Waals surface area contributed by atoms with Crippen LogP contribution in [0.2, 0.25) is 5.02 Å². The molecule has 1 unspecified atom stereocenters. The minimum Gasteiger partial charge on any atom is -0.468 e. The number of carbonyl (C=O) groups is 1. The molecule has 0 radical (unpaired) electrons. The molecule has 0 spiro atoms. The number of benzene rings is 1. The Labute approximate surface area is 214 Å². The van der Waals surface area contributed by atoms with Gasteiger partial charge >= 0.3 is 19.4 Å². The zero-order chi connectivity index (χ0) is 27.4. The van der Waals surface area contributed by atoms with Gasteiger partial charge in [0.05, 0.1) is 24.8 Å². The molecule has 2 heterocycles. The van der Waals surface area contributed by atoms with Gasteiger partial charge in [-0.3, -0.25) is 23.7 Å². The zero-order valence-corrected chi connectivity index (χ0v) is 21.5. The molecule has 0 bridgehead atoms. The van der Waals surface area contributed by atoms with Crippen LogP contribution in [0.25, 0.3) is 10.4 Å². The van der Waals surface area contributed by atoms with Crippen molar-refractivity contribution in [2.45, 2.75) is 43.9 Å². The first-order chi connectivity index (χ1) is 17.4. The number of aliphatic hydroxyl groups is 1. The molecule has 1 aliphatic rings. The second-order valence-corrected chi connectivity index (χ2v) is 10.2. The molecule has 17 heteroatoms. The van der Waals surface area contributed by atoms with Crippen LogP contribution < -0.4 is 20.9 Å². The van der Waals surface area contributed by atoms with Crippen LogP contribution in [0.4, 0.5) is 0 Å². The summed E-state index contributed by atoms with van der Waals surface area (Å²) in [6.07, 6.45) is -3.14. The van der Waals surface area contributed by atoms with Gasteiger partial charge in [-0.05, 0) is 31.5 Å². The number of carbonyl (C=O) groups excluding carboxylic acids is 1. The van der Waals surface area contributed by atoms with Gasteiger partial charge in [-0.1, -0.05) is 28.8 Å². The maximum atomic E-state index is 13.6. The molecule has 0 aliphatic carbocycles. The van der Waals surface area contributed by atoms with Gasteiger partial charge in [-0.15, -0.1) is 0 Å². The third-order valence-corrected chi connectivity index (χ3v) is 7.43. The van der Waals surface area contributed by atoms with Crippen molar-refractivity contribution in [3.8, 4) is 5.75 Å². The summed E-state index contributed by atoms with van der Waals surface area (Å²) in [6.45, 7) is 2.07. The minimum atomic E-state index is -4.38. The summed E-state index contributed by atoms with van der Waals surface area (Å²) in [5.41, 5.74) is 5.78. The number of halogens is 1. The summed E-state index contributed by atoms with van der Waals surface area (Å²) < 4.78 is 36.0. The van der Waals surface area contributed by atoms with Gasteiger partial charge in [-0.2, -0.15) is 5.09 Å². The first kappa shape index (κ1) is 28.4. The Kier molecular flexibility index (Phi) is 8.82. The third kappa shape index (κ3) is 6.22. The summed E-state index contributed by atoms with van der Waals surface area (Å²) in [6, 6.07) is 5.98. The number of aromatic amines is 1. The van der Waals surface area contributed by atoms with Gasteiger partial charge in [-0.25, -0.2) is 9.36 Å². The number of rotatable bonds is 10. The van der Waals surface area contributed by atoms with Crippen LogP contribution in [0.5, 0.6) is 5.75 Å². The summed E-state index contributed by atoms with van der Waals surface area (Å²) in [5.74, 6) is -0.793. The van der Waals surface area contributed by atoms with E-state index >= 15 is 0 Å². The fourth-order valence-corrected chi connectivity index (χ4v) is 5.32. The largest absolute Gasteiger partial charge is 0.468 e. The van der Waals surface area contributed by atoms with Crippen molar-refractivity contribution in [1.29, 1.82) is 0 Å². The molecule has 1 saturated heterocycles. The van der Waals surface area contributed by atoms with Crippen LogP contribution in [0, 0.1) is 0 Å². The molecular formula is C20H24ClN6O9P. The first-order valence-electron chi connectivity index (χ1n) is 10.7. The van der Waals surface area contributed by atoms with Gasteiger partial charge in [0.1, 0.15) is 23.4 Å². The van der Waals surface area contributed by atoms with E-state index in [2.05, 4.69) is 19.9 Å². The molecule has 6 atom stereocenters. The van der Waals surface area contributed by atoms with Crippen LogP contribution >= 0.6 is 19.3 Å². The lowest BCUT2D eigenvalue weighted by Gasteiger charge is -2.28. The minimum absolute atomic E-state index is 0.0263. The van der Waals surface area contributed by atoms with Crippen LogP contribution in [-0.2, 0) is 23.4 Å². The van der Waals surface area contributed by atoms with E-state index in [0.717, 1.165) is 23.9 Å². The summed E-state index contributed by atoms with van der Waals surface area (Å²) in [7, 11) is -3.24. The first-order valence-corrected chi connectivity index (χ1v) is 12.6. The van der Waals surface area contributed by atoms with E-state index in [9.17, 15) is 24.1 Å². The molecule has 3 rings (SSSR count). The Bertz CT molecular complexity index is 1360. The number of para-hydroxylation sites is 1. The van der Waals surface area contributed by atoms with Crippen molar-refractivity contribution in [2.24, 2.45) is 5.11 Å². The van der Waals surface area contributed by atoms with E-state index < -0.39 is 61.6 Å². The topological polar surface area (TPSA) is 207 Å². The quantitative estimate of drug-likeness (QED) is 0.127. The average molecular weight is 559 g/mol. The highest BCUT2D eigenvalue weighted by Crippen LogP contribution is 2.48. The van der Waals surface area contributed by atoms with Crippen molar-refractivity contribution in [2.75, 3.05) is 13.7 Å². The number of methoxy groups -OCH3 is 1. The number of hydrogen-bond donors (Lipinski definition) is 3. The summed E-state index contributed by atoms with van der Waals surface area (Å²) >= 11 is 6.10. The lowest BCUT2D eigenvalue weighted by Crippen LogP contribution is -2.45. The molecule has 37 heavy (non-hydrogen) atoms. The van der Waals surface area contributed by atoms with Crippen molar-refractivity contribution in [1.82, 2.24) is 14.6 Å². The van der Waals surface area contributed by atoms with Gasteiger partial charge in [0, 0.05) is 17.2 Å². The highest BCUT2D eigenvalue weighted by Gasteiger charge is 2.55. The molecule has 15 nitrogen and oxygen atoms in total. The molecule has 2 aromatic rings. The molecule has 200 valence electrons. The Morgan fingerprint density at radius 1 is 1.43 bits per heavy atom. The molecule has 1 fully saturated rings. The fourth-order valence-electron chi connectivity index (χ4n) is 3.57. The second kappa shape index (κ2) is 11.5. The Morgan fingerprint density at radius 2 is 2.14 bits per heavy atom. The number of esters is 1. The number of aromatic nitrogens is 2. The Balaban J connectivity index is 1.90. The number of aliphatic hydroxyl groups excluding tert-OH is 1. The standard InChI is InChI=1S/C20H24ClN6O9P/c1-11(17(30)33-3)24-37(32,36-13-7-5-4-6-12(13)21)34-10-14-16(29)20(2,25-26-22)18(35-14)27-9-8-15(28)23-19(27)31/h4-9,11,14,16,18,29H,10H2,1-3H3,(H,24,32)(H,23,28,31)/t11-,14+,16+,18-,20+,37?/m0/s1. The zero-order valence-electron chi connectivity index (χ0n) is 19.8. The van der Waals surface area contributed by atoms with E-state index in [1.807, 2.05) is 4.98 Å². The van der Waals surface area contributed by atoms with Crippen molar-refractivity contribution in [3.05, 3.63) is 72.8 Å². The van der Waals surface area contributed by atoms with Gasteiger partial charge in [0.2, 0.25) is 0 Å². The SMILES string of the molecule is COC(=O)[C@H](C)NP(=O)(OC[C@H]1O[C@H](n2ccc(=O)[nH]c2=O)[C@](C)(N=[N+]=[N-])[C@@H]1O)Oc1ccccc1Cl. The Morgan fingerprint density at radius 3 is 2.76 bits per heavy atom. The van der Waals surface area contributed by atoms with Gasteiger partial charge < -0.3 is 19.1 Å². The number of nitrogens with one attached hydrogen (secondary N) is 2. The molecule has 1 aromatic heterocycles. The maximum absolute atomic E-state index is 13.6. The van der Waals surface area contributed by atoms with Crippen LogP contribution in [-0.4, -0.2) is 58.1 Å².